The van der Waals surface area contributed by atoms with Gasteiger partial charge < -0.3 is 10.5 Å². The van der Waals surface area contributed by atoms with Gasteiger partial charge in [0.2, 0.25) is 10.0 Å². The van der Waals surface area contributed by atoms with Gasteiger partial charge in [0.1, 0.15) is 5.75 Å². The fourth-order valence-corrected chi connectivity index (χ4v) is 3.35. The van der Waals surface area contributed by atoms with Crippen LogP contribution in [-0.2, 0) is 14.8 Å². The number of sulfonamides is 1. The predicted octanol–water partition coefficient (Wildman–Crippen LogP) is 0.890. The molecule has 0 saturated heterocycles. The quantitative estimate of drug-likeness (QED) is 0.809. The number of rotatable bonds is 7. The molecule has 0 unspecified atom stereocenters. The summed E-state index contributed by atoms with van der Waals surface area (Å²) in [5, 5.41) is 0. The SMILES string of the molecule is CCN(CC)S(=O)(=O)c1ccc(OCC(N)=O)c(C)c1. The molecule has 0 aliphatic heterocycles. The number of ether oxygens (including phenoxy) is 1. The summed E-state index contributed by atoms with van der Waals surface area (Å²) in [6.07, 6.45) is 0. The van der Waals surface area contributed by atoms with Crippen LogP contribution in [0.1, 0.15) is 19.4 Å². The lowest BCUT2D eigenvalue weighted by atomic mass is 10.2. The molecule has 0 fully saturated rings. The molecule has 0 spiro atoms. The molecule has 1 rings (SSSR count). The summed E-state index contributed by atoms with van der Waals surface area (Å²) >= 11 is 0. The monoisotopic (exact) mass is 300 g/mol. The smallest absolute Gasteiger partial charge is 0.255 e. The Hall–Kier alpha value is -1.60. The number of nitrogens with two attached hydrogens (primary N) is 1. The lowest BCUT2D eigenvalue weighted by Crippen LogP contribution is -2.30. The second-order valence-electron chi connectivity index (χ2n) is 4.27. The predicted molar refractivity (Wildman–Crippen MR) is 76.0 cm³/mol. The second kappa shape index (κ2) is 6.71. The van der Waals surface area contributed by atoms with Gasteiger partial charge in [0.25, 0.3) is 5.91 Å². The standard InChI is InChI=1S/C13H20N2O4S/c1-4-15(5-2)20(17,18)11-6-7-12(10(3)8-11)19-9-13(14)16/h6-8H,4-5,9H2,1-3H3,(H2,14,16). The first kappa shape index (κ1) is 16.5. The van der Waals surface area contributed by atoms with E-state index < -0.39 is 15.9 Å². The first-order chi connectivity index (χ1) is 9.32. The highest BCUT2D eigenvalue weighted by Crippen LogP contribution is 2.23. The third-order valence-corrected chi connectivity index (χ3v) is 4.91. The Labute approximate surface area is 119 Å². The third-order valence-electron chi connectivity index (χ3n) is 2.86. The zero-order valence-electron chi connectivity index (χ0n) is 11.9. The molecule has 1 aromatic rings. The van der Waals surface area contributed by atoms with Gasteiger partial charge in [0.05, 0.1) is 4.90 Å². The van der Waals surface area contributed by atoms with Gasteiger partial charge in [0, 0.05) is 13.1 Å². The Bertz CT molecular complexity index is 580. The molecule has 0 atom stereocenters. The summed E-state index contributed by atoms with van der Waals surface area (Å²) in [4.78, 5) is 10.9. The molecule has 1 amide bonds. The van der Waals surface area contributed by atoms with Crippen molar-refractivity contribution in [2.75, 3.05) is 19.7 Å². The van der Waals surface area contributed by atoms with Crippen molar-refractivity contribution in [3.8, 4) is 5.75 Å². The highest BCUT2D eigenvalue weighted by atomic mass is 32.2. The van der Waals surface area contributed by atoms with Crippen LogP contribution in [0.15, 0.2) is 23.1 Å². The average Bonchev–Trinajstić information content (AvgIpc) is 2.38. The largest absolute Gasteiger partial charge is 0.484 e. The van der Waals surface area contributed by atoms with Crippen molar-refractivity contribution in [1.82, 2.24) is 4.31 Å². The second-order valence-corrected chi connectivity index (χ2v) is 6.21. The van der Waals surface area contributed by atoms with E-state index >= 15 is 0 Å². The van der Waals surface area contributed by atoms with Gasteiger partial charge in [0.15, 0.2) is 6.61 Å². The van der Waals surface area contributed by atoms with Crippen LogP contribution < -0.4 is 10.5 Å². The summed E-state index contributed by atoms with van der Waals surface area (Å²) in [5.41, 5.74) is 5.64. The van der Waals surface area contributed by atoms with E-state index in [1.807, 2.05) is 0 Å². The van der Waals surface area contributed by atoms with Gasteiger partial charge in [-0.1, -0.05) is 13.8 Å². The molecule has 2 N–H and O–H groups in total. The molecule has 20 heavy (non-hydrogen) atoms. The van der Waals surface area contributed by atoms with Crippen LogP contribution in [0.2, 0.25) is 0 Å². The van der Waals surface area contributed by atoms with Crippen molar-refractivity contribution in [1.29, 1.82) is 0 Å². The van der Waals surface area contributed by atoms with Crippen molar-refractivity contribution < 1.29 is 17.9 Å². The minimum Gasteiger partial charge on any atom is -0.484 e. The number of hydrogen-bond donors (Lipinski definition) is 1. The van der Waals surface area contributed by atoms with Crippen LogP contribution in [0.25, 0.3) is 0 Å². The van der Waals surface area contributed by atoms with Gasteiger partial charge in [-0.05, 0) is 30.7 Å². The zero-order valence-corrected chi connectivity index (χ0v) is 12.7. The summed E-state index contributed by atoms with van der Waals surface area (Å²) < 4.78 is 31.2. The van der Waals surface area contributed by atoms with Crippen LogP contribution in [0.5, 0.6) is 5.75 Å². The molecule has 0 aliphatic rings. The molecule has 0 saturated carbocycles. The van der Waals surface area contributed by atoms with Crippen molar-refractivity contribution >= 4 is 15.9 Å². The molecular formula is C13H20N2O4S. The van der Waals surface area contributed by atoms with Gasteiger partial charge in [-0.15, -0.1) is 0 Å². The molecule has 0 aliphatic carbocycles. The van der Waals surface area contributed by atoms with Crippen LogP contribution in [0.4, 0.5) is 0 Å². The van der Waals surface area contributed by atoms with Crippen LogP contribution in [-0.4, -0.2) is 38.3 Å². The van der Waals surface area contributed by atoms with Gasteiger partial charge in [-0.3, -0.25) is 4.79 Å². The number of primary amides is 1. The summed E-state index contributed by atoms with van der Waals surface area (Å²) in [6, 6.07) is 4.54. The van der Waals surface area contributed by atoms with E-state index in [2.05, 4.69) is 0 Å². The number of carbonyl (C=O) groups excluding carboxylic acids is 1. The molecule has 0 radical (unpaired) electrons. The molecule has 0 aromatic heterocycles. The molecular weight excluding hydrogens is 280 g/mol. The Morgan fingerprint density at radius 3 is 2.35 bits per heavy atom. The van der Waals surface area contributed by atoms with Crippen molar-refractivity contribution in [2.24, 2.45) is 5.73 Å². The Balaban J connectivity index is 3.05. The van der Waals surface area contributed by atoms with Crippen LogP contribution >= 0.6 is 0 Å². The summed E-state index contributed by atoms with van der Waals surface area (Å²) in [6.45, 7) is 5.90. The van der Waals surface area contributed by atoms with E-state index in [1.54, 1.807) is 20.8 Å². The Morgan fingerprint density at radius 2 is 1.90 bits per heavy atom. The molecule has 6 nitrogen and oxygen atoms in total. The van der Waals surface area contributed by atoms with Crippen LogP contribution in [0, 0.1) is 6.92 Å². The maximum absolute atomic E-state index is 12.3. The van der Waals surface area contributed by atoms with E-state index in [1.165, 1.54) is 22.5 Å². The summed E-state index contributed by atoms with van der Waals surface area (Å²) in [5.74, 6) is -0.133. The Kier molecular flexibility index (Phi) is 5.52. The first-order valence-electron chi connectivity index (χ1n) is 6.34. The van der Waals surface area contributed by atoms with Gasteiger partial charge in [-0.25, -0.2) is 8.42 Å². The fourth-order valence-electron chi connectivity index (χ4n) is 1.81. The molecule has 7 heteroatoms. The topological polar surface area (TPSA) is 89.7 Å². The minimum atomic E-state index is -3.49. The van der Waals surface area contributed by atoms with Crippen molar-refractivity contribution in [3.05, 3.63) is 23.8 Å². The van der Waals surface area contributed by atoms with Gasteiger partial charge >= 0.3 is 0 Å². The number of benzene rings is 1. The number of aryl methyl sites for hydroxylation is 1. The number of hydrogen-bond acceptors (Lipinski definition) is 4. The minimum absolute atomic E-state index is 0.213. The molecule has 1 aromatic carbocycles. The molecule has 112 valence electrons. The van der Waals surface area contributed by atoms with Crippen molar-refractivity contribution in [3.63, 3.8) is 0 Å². The van der Waals surface area contributed by atoms with E-state index in [9.17, 15) is 13.2 Å². The highest BCUT2D eigenvalue weighted by Gasteiger charge is 2.22. The lowest BCUT2D eigenvalue weighted by molar-refractivity contribution is -0.119. The Morgan fingerprint density at radius 1 is 1.30 bits per heavy atom. The van der Waals surface area contributed by atoms with E-state index in [4.69, 9.17) is 10.5 Å². The molecule has 0 heterocycles. The fraction of sp³-hybridized carbons (Fsp3) is 0.462. The number of carbonyl (C=O) groups is 1. The normalized spacial score (nSPS) is 11.6. The molecule has 0 bridgehead atoms. The zero-order chi connectivity index (χ0) is 15.3. The number of nitrogens with zero attached hydrogens (tertiary/aromatic N) is 1. The maximum Gasteiger partial charge on any atom is 0.255 e. The van der Waals surface area contributed by atoms with E-state index in [0.29, 0.717) is 24.4 Å². The average molecular weight is 300 g/mol. The van der Waals surface area contributed by atoms with E-state index in [-0.39, 0.29) is 11.5 Å². The number of amides is 1. The first-order valence-corrected chi connectivity index (χ1v) is 7.78. The van der Waals surface area contributed by atoms with Crippen molar-refractivity contribution in [2.45, 2.75) is 25.7 Å². The highest BCUT2D eigenvalue weighted by molar-refractivity contribution is 7.89. The maximum atomic E-state index is 12.3. The van der Waals surface area contributed by atoms with Crippen LogP contribution in [0.3, 0.4) is 0 Å². The van der Waals surface area contributed by atoms with E-state index in [0.717, 1.165) is 0 Å². The summed E-state index contributed by atoms with van der Waals surface area (Å²) in [7, 11) is -3.49. The lowest BCUT2D eigenvalue weighted by Gasteiger charge is -2.19. The van der Waals surface area contributed by atoms with Gasteiger partial charge in [-0.2, -0.15) is 4.31 Å². The third kappa shape index (κ3) is 3.71.